The van der Waals surface area contributed by atoms with E-state index in [1.165, 1.54) is 51.0 Å². The van der Waals surface area contributed by atoms with E-state index in [1.807, 2.05) is 0 Å². The summed E-state index contributed by atoms with van der Waals surface area (Å²) in [5.41, 5.74) is 1.92. The van der Waals surface area contributed by atoms with Crippen molar-refractivity contribution in [3.05, 3.63) is 11.6 Å². The first-order chi connectivity index (χ1) is 11.5. The molecule has 4 aliphatic carbocycles. The molecule has 1 N–H and O–H groups in total. The Labute approximate surface area is 145 Å². The first-order valence-electron chi connectivity index (χ1n) is 9.96. The van der Waals surface area contributed by atoms with Gasteiger partial charge in [0, 0.05) is 18.8 Å². The van der Waals surface area contributed by atoms with Crippen molar-refractivity contribution in [2.45, 2.75) is 77.7 Å². The number of aliphatic hydroxyl groups is 1. The van der Waals surface area contributed by atoms with E-state index in [0.717, 1.165) is 31.1 Å². The Bertz CT molecular complexity index is 553. The number of carbonyl (C=O) groups excluding carboxylic acids is 1. The van der Waals surface area contributed by atoms with Gasteiger partial charge in [-0.25, -0.2) is 0 Å². The molecule has 134 valence electrons. The van der Waals surface area contributed by atoms with Crippen molar-refractivity contribution in [1.82, 2.24) is 0 Å². The highest BCUT2D eigenvalue weighted by atomic mass is 16.5. The number of hydrogen-bond acceptors (Lipinski definition) is 3. The third-order valence-corrected chi connectivity index (χ3v) is 8.18. The van der Waals surface area contributed by atoms with Crippen molar-refractivity contribution in [2.24, 2.45) is 28.6 Å². The smallest absolute Gasteiger partial charge is 0.302 e. The Hall–Kier alpha value is -0.830. The Kier molecular flexibility index (Phi) is 4.06. The minimum atomic E-state index is -0.176. The molecule has 0 spiro atoms. The van der Waals surface area contributed by atoms with Crippen LogP contribution >= 0.6 is 0 Å². The average Bonchev–Trinajstić information content (AvgIpc) is 2.95. The van der Waals surface area contributed by atoms with Crippen LogP contribution < -0.4 is 0 Å². The molecule has 0 aromatic carbocycles. The van der Waals surface area contributed by atoms with Crippen LogP contribution in [0.2, 0.25) is 0 Å². The van der Waals surface area contributed by atoms with Crippen LogP contribution in [0.15, 0.2) is 11.6 Å². The standard InChI is InChI=1S/C21H32O3/c1-14(23)24-16-7-11-21(13-22)15(12-16)5-6-17-18-4-3-9-20(18,2)10-8-19(17)21/h5,16-19,22H,3-4,6-13H2,1-2H3/t16?,17-,18-,19+,20-,21+/m0/s1. The predicted octanol–water partition coefficient (Wildman–Crippen LogP) is 4.24. The van der Waals surface area contributed by atoms with Crippen LogP contribution in [0.5, 0.6) is 0 Å². The van der Waals surface area contributed by atoms with E-state index in [4.69, 9.17) is 4.74 Å². The van der Waals surface area contributed by atoms with Crippen molar-refractivity contribution >= 4 is 5.97 Å². The van der Waals surface area contributed by atoms with Gasteiger partial charge in [-0.3, -0.25) is 4.79 Å². The fourth-order valence-electron chi connectivity index (χ4n) is 7.05. The van der Waals surface area contributed by atoms with E-state index in [0.29, 0.717) is 11.3 Å². The van der Waals surface area contributed by atoms with Crippen molar-refractivity contribution in [3.8, 4) is 0 Å². The second kappa shape index (κ2) is 5.86. The molecule has 0 bridgehead atoms. The molecular formula is C21H32O3. The zero-order valence-corrected chi connectivity index (χ0v) is 15.2. The molecule has 0 aromatic rings. The van der Waals surface area contributed by atoms with Gasteiger partial charge < -0.3 is 9.84 Å². The van der Waals surface area contributed by atoms with Crippen LogP contribution in [-0.2, 0) is 9.53 Å². The molecule has 3 heteroatoms. The van der Waals surface area contributed by atoms with E-state index >= 15 is 0 Å². The summed E-state index contributed by atoms with van der Waals surface area (Å²) < 4.78 is 5.49. The molecule has 0 aliphatic heterocycles. The van der Waals surface area contributed by atoms with Gasteiger partial charge in [0.2, 0.25) is 0 Å². The van der Waals surface area contributed by atoms with E-state index in [1.54, 1.807) is 0 Å². The molecule has 0 heterocycles. The summed E-state index contributed by atoms with van der Waals surface area (Å²) in [6.45, 7) is 4.29. The van der Waals surface area contributed by atoms with Crippen molar-refractivity contribution in [1.29, 1.82) is 0 Å². The fraction of sp³-hybridized carbons (Fsp3) is 0.857. The maximum atomic E-state index is 11.3. The number of carbonyl (C=O) groups is 1. The molecule has 1 unspecified atom stereocenters. The van der Waals surface area contributed by atoms with Gasteiger partial charge in [0.25, 0.3) is 0 Å². The summed E-state index contributed by atoms with van der Waals surface area (Å²) in [7, 11) is 0. The quantitative estimate of drug-likeness (QED) is 0.607. The summed E-state index contributed by atoms with van der Waals surface area (Å²) in [6.07, 6.45) is 13.1. The molecule has 0 saturated heterocycles. The van der Waals surface area contributed by atoms with Crippen LogP contribution in [0, 0.1) is 28.6 Å². The molecule has 6 atom stereocenters. The van der Waals surface area contributed by atoms with Gasteiger partial charge in [-0.2, -0.15) is 0 Å². The van der Waals surface area contributed by atoms with Gasteiger partial charge in [0.1, 0.15) is 6.10 Å². The third-order valence-electron chi connectivity index (χ3n) is 8.18. The second-order valence-electron chi connectivity index (χ2n) is 9.22. The van der Waals surface area contributed by atoms with E-state index in [2.05, 4.69) is 13.0 Å². The third kappa shape index (κ3) is 2.38. The van der Waals surface area contributed by atoms with Crippen molar-refractivity contribution < 1.29 is 14.6 Å². The van der Waals surface area contributed by atoms with Gasteiger partial charge in [-0.05, 0) is 68.1 Å². The van der Waals surface area contributed by atoms with Crippen molar-refractivity contribution in [3.63, 3.8) is 0 Å². The highest BCUT2D eigenvalue weighted by Gasteiger charge is 2.57. The number of ether oxygens (including phenoxy) is 1. The van der Waals surface area contributed by atoms with Gasteiger partial charge in [0.15, 0.2) is 0 Å². The number of rotatable bonds is 2. The molecule has 0 aromatic heterocycles. The summed E-state index contributed by atoms with van der Waals surface area (Å²) in [4.78, 5) is 11.3. The van der Waals surface area contributed by atoms with Crippen LogP contribution in [0.3, 0.4) is 0 Å². The first kappa shape index (κ1) is 16.6. The van der Waals surface area contributed by atoms with E-state index in [9.17, 15) is 9.90 Å². The highest BCUT2D eigenvalue weighted by Crippen LogP contribution is 2.64. The normalized spacial score (nSPS) is 47.2. The molecule has 0 amide bonds. The highest BCUT2D eigenvalue weighted by molar-refractivity contribution is 5.66. The molecule has 0 radical (unpaired) electrons. The summed E-state index contributed by atoms with van der Waals surface area (Å²) in [5, 5.41) is 10.4. The Morgan fingerprint density at radius 2 is 2.08 bits per heavy atom. The van der Waals surface area contributed by atoms with Gasteiger partial charge >= 0.3 is 5.97 Å². The Morgan fingerprint density at radius 3 is 2.83 bits per heavy atom. The average molecular weight is 332 g/mol. The largest absolute Gasteiger partial charge is 0.462 e. The second-order valence-corrected chi connectivity index (χ2v) is 9.22. The summed E-state index contributed by atoms with van der Waals surface area (Å²) in [6, 6.07) is 0. The van der Waals surface area contributed by atoms with E-state index < -0.39 is 0 Å². The molecule has 3 fully saturated rings. The number of allylic oxidation sites excluding steroid dienone is 1. The topological polar surface area (TPSA) is 46.5 Å². The molecule has 24 heavy (non-hydrogen) atoms. The zero-order chi connectivity index (χ0) is 16.9. The lowest BCUT2D eigenvalue weighted by Gasteiger charge is -2.58. The Morgan fingerprint density at radius 1 is 1.25 bits per heavy atom. The Balaban J connectivity index is 1.62. The number of esters is 1. The minimum Gasteiger partial charge on any atom is -0.462 e. The molecular weight excluding hydrogens is 300 g/mol. The van der Waals surface area contributed by atoms with Gasteiger partial charge in [-0.1, -0.05) is 25.0 Å². The maximum Gasteiger partial charge on any atom is 0.302 e. The van der Waals surface area contributed by atoms with Gasteiger partial charge in [0.05, 0.1) is 6.61 Å². The SMILES string of the molecule is CC(=O)OC1CC[C@@]2(CO)C(=CC[C@@H]3[C@H]2CC[C@]2(C)CCC[C@@H]32)C1. The zero-order valence-electron chi connectivity index (χ0n) is 15.2. The van der Waals surface area contributed by atoms with Gasteiger partial charge in [-0.15, -0.1) is 0 Å². The summed E-state index contributed by atoms with van der Waals surface area (Å²) in [5.74, 6) is 2.07. The van der Waals surface area contributed by atoms with Crippen LogP contribution in [0.1, 0.15) is 71.6 Å². The number of aliphatic hydroxyl groups excluding tert-OH is 1. The lowest BCUT2D eigenvalue weighted by atomic mass is 9.48. The monoisotopic (exact) mass is 332 g/mol. The maximum absolute atomic E-state index is 11.3. The summed E-state index contributed by atoms with van der Waals surface area (Å²) >= 11 is 0. The number of hydrogen-bond donors (Lipinski definition) is 1. The lowest BCUT2D eigenvalue weighted by Crippen LogP contribution is -2.52. The first-order valence-corrected chi connectivity index (χ1v) is 9.96. The predicted molar refractivity (Wildman–Crippen MR) is 93.3 cm³/mol. The minimum absolute atomic E-state index is 0.0188. The van der Waals surface area contributed by atoms with Crippen LogP contribution in [0.4, 0.5) is 0 Å². The van der Waals surface area contributed by atoms with Crippen LogP contribution in [-0.4, -0.2) is 23.8 Å². The fourth-order valence-corrected chi connectivity index (χ4v) is 7.05. The molecule has 4 aliphatic rings. The van der Waals surface area contributed by atoms with Crippen molar-refractivity contribution in [2.75, 3.05) is 6.61 Å². The lowest BCUT2D eigenvalue weighted by molar-refractivity contribution is -0.149. The number of fused-ring (bicyclic) bond motifs is 5. The van der Waals surface area contributed by atoms with Crippen LogP contribution in [0.25, 0.3) is 0 Å². The molecule has 3 nitrogen and oxygen atoms in total. The molecule has 3 saturated carbocycles. The van der Waals surface area contributed by atoms with E-state index in [-0.39, 0.29) is 24.1 Å². The molecule has 4 rings (SSSR count).